The first-order valence-corrected chi connectivity index (χ1v) is 11.7. The number of aryl methyl sites for hydroxylation is 1. The topological polar surface area (TPSA) is 0 Å². The second-order valence-corrected chi connectivity index (χ2v) is 8.60. The van der Waals surface area contributed by atoms with Gasteiger partial charge in [0.25, 0.3) is 0 Å². The van der Waals surface area contributed by atoms with Crippen LogP contribution in [0.1, 0.15) is 34.2 Å². The van der Waals surface area contributed by atoms with Gasteiger partial charge in [-0.05, 0) is 90.2 Å². The Morgan fingerprint density at radius 2 is 0.909 bits per heavy atom. The van der Waals surface area contributed by atoms with Gasteiger partial charge in [0.05, 0.1) is 0 Å². The summed E-state index contributed by atoms with van der Waals surface area (Å²) in [7, 11) is 0. The first-order valence-electron chi connectivity index (χ1n) is 10.9. The van der Waals surface area contributed by atoms with Crippen LogP contribution in [-0.2, 0) is 6.42 Å². The molecule has 0 aliphatic heterocycles. The molecular formula is C32H23Br. The molecule has 0 unspecified atom stereocenters. The van der Waals surface area contributed by atoms with Gasteiger partial charge in [0.2, 0.25) is 0 Å². The minimum atomic E-state index is 1.000. The molecule has 4 aromatic rings. The molecule has 0 aliphatic rings. The van der Waals surface area contributed by atoms with Crippen molar-refractivity contribution in [1.29, 1.82) is 0 Å². The van der Waals surface area contributed by atoms with Crippen molar-refractivity contribution in [3.8, 4) is 34.8 Å². The standard InChI is InChI=1S/C32H23Br/c1-2-3-4-25-5-7-26(8-6-25)9-10-27-13-19-30(20-14-27)31-21-15-28(16-22-31)11-12-29-17-23-32(33)24-18-29/h2,5-8,13-24H,1,3-4H2. The predicted octanol–water partition coefficient (Wildman–Crippen LogP) is 8.03. The van der Waals surface area contributed by atoms with Gasteiger partial charge in [0.1, 0.15) is 0 Å². The summed E-state index contributed by atoms with van der Waals surface area (Å²) in [6.07, 6.45) is 3.97. The van der Waals surface area contributed by atoms with Crippen LogP contribution in [0.4, 0.5) is 0 Å². The lowest BCUT2D eigenvalue weighted by atomic mass is 10.0. The third kappa shape index (κ3) is 6.60. The van der Waals surface area contributed by atoms with Gasteiger partial charge in [-0.3, -0.25) is 0 Å². The molecule has 4 aromatic carbocycles. The minimum Gasteiger partial charge on any atom is -0.103 e. The fraction of sp³-hybridized carbons (Fsp3) is 0.0625. The van der Waals surface area contributed by atoms with Crippen LogP contribution in [0.3, 0.4) is 0 Å². The number of benzene rings is 4. The number of hydrogen-bond acceptors (Lipinski definition) is 0. The zero-order valence-corrected chi connectivity index (χ0v) is 19.9. The average Bonchev–Trinajstić information content (AvgIpc) is 2.87. The van der Waals surface area contributed by atoms with E-state index in [4.69, 9.17) is 0 Å². The van der Waals surface area contributed by atoms with Gasteiger partial charge in [-0.2, -0.15) is 0 Å². The molecule has 0 radical (unpaired) electrons. The van der Waals surface area contributed by atoms with Crippen LogP contribution in [0.25, 0.3) is 11.1 Å². The van der Waals surface area contributed by atoms with Gasteiger partial charge >= 0.3 is 0 Å². The van der Waals surface area contributed by atoms with Crippen molar-refractivity contribution in [1.82, 2.24) is 0 Å². The van der Waals surface area contributed by atoms with Crippen LogP contribution in [0.2, 0.25) is 0 Å². The summed E-state index contributed by atoms with van der Waals surface area (Å²) in [5.74, 6) is 12.9. The van der Waals surface area contributed by atoms with E-state index in [-0.39, 0.29) is 0 Å². The second-order valence-electron chi connectivity index (χ2n) is 7.69. The quantitative estimate of drug-likeness (QED) is 0.202. The van der Waals surface area contributed by atoms with Crippen molar-refractivity contribution in [3.63, 3.8) is 0 Å². The summed E-state index contributed by atoms with van der Waals surface area (Å²) in [5.41, 5.74) is 7.68. The van der Waals surface area contributed by atoms with Gasteiger partial charge in [-0.1, -0.05) is 82.1 Å². The highest BCUT2D eigenvalue weighted by Gasteiger charge is 1.98. The highest BCUT2D eigenvalue weighted by atomic mass is 79.9. The van der Waals surface area contributed by atoms with Crippen molar-refractivity contribution in [2.45, 2.75) is 12.8 Å². The smallest absolute Gasteiger partial charge is 0.0249 e. The molecule has 0 saturated heterocycles. The molecular weight excluding hydrogens is 464 g/mol. The highest BCUT2D eigenvalue weighted by molar-refractivity contribution is 9.10. The van der Waals surface area contributed by atoms with Crippen LogP contribution in [0, 0.1) is 23.7 Å². The Kier molecular flexibility index (Phi) is 7.60. The summed E-state index contributed by atoms with van der Waals surface area (Å²) in [4.78, 5) is 0. The Bertz CT molecular complexity index is 1330. The third-order valence-corrected chi connectivity index (χ3v) is 5.77. The number of halogens is 1. The van der Waals surface area contributed by atoms with Crippen molar-refractivity contribution >= 4 is 15.9 Å². The van der Waals surface area contributed by atoms with E-state index < -0.39 is 0 Å². The van der Waals surface area contributed by atoms with Gasteiger partial charge in [0.15, 0.2) is 0 Å². The molecule has 0 heterocycles. The number of allylic oxidation sites excluding steroid dienone is 1. The summed E-state index contributed by atoms with van der Waals surface area (Å²) in [6.45, 7) is 3.78. The molecule has 0 saturated carbocycles. The van der Waals surface area contributed by atoms with Crippen molar-refractivity contribution in [3.05, 3.63) is 142 Å². The molecule has 0 aromatic heterocycles. The fourth-order valence-electron chi connectivity index (χ4n) is 3.34. The molecule has 4 rings (SSSR count). The molecule has 158 valence electrons. The van der Waals surface area contributed by atoms with Crippen LogP contribution in [-0.4, -0.2) is 0 Å². The SMILES string of the molecule is C=CCCc1ccc(C#Cc2ccc(-c3ccc(C#Cc4ccc(Br)cc4)cc3)cc2)cc1. The molecule has 0 atom stereocenters. The summed E-state index contributed by atoms with van der Waals surface area (Å²) >= 11 is 3.45. The van der Waals surface area contributed by atoms with E-state index in [0.29, 0.717) is 0 Å². The van der Waals surface area contributed by atoms with Crippen molar-refractivity contribution in [2.24, 2.45) is 0 Å². The van der Waals surface area contributed by atoms with Crippen LogP contribution in [0.15, 0.2) is 114 Å². The Labute approximate surface area is 205 Å². The van der Waals surface area contributed by atoms with Gasteiger partial charge in [0, 0.05) is 26.7 Å². The van der Waals surface area contributed by atoms with E-state index in [0.717, 1.165) is 39.6 Å². The van der Waals surface area contributed by atoms with Crippen LogP contribution < -0.4 is 0 Å². The van der Waals surface area contributed by atoms with Crippen molar-refractivity contribution in [2.75, 3.05) is 0 Å². The summed E-state index contributed by atoms with van der Waals surface area (Å²) in [5, 5.41) is 0. The van der Waals surface area contributed by atoms with Gasteiger partial charge in [-0.25, -0.2) is 0 Å². The summed E-state index contributed by atoms with van der Waals surface area (Å²) < 4.78 is 1.06. The zero-order chi connectivity index (χ0) is 22.9. The maximum atomic E-state index is 3.78. The Balaban J connectivity index is 1.41. The predicted molar refractivity (Wildman–Crippen MR) is 143 cm³/mol. The first-order chi connectivity index (χ1) is 16.2. The molecule has 33 heavy (non-hydrogen) atoms. The highest BCUT2D eigenvalue weighted by Crippen LogP contribution is 2.20. The van der Waals surface area contributed by atoms with E-state index in [1.165, 1.54) is 16.7 Å². The van der Waals surface area contributed by atoms with E-state index in [1.807, 2.05) is 30.3 Å². The number of hydrogen-bond donors (Lipinski definition) is 0. The molecule has 0 bridgehead atoms. The van der Waals surface area contributed by atoms with Crippen molar-refractivity contribution < 1.29 is 0 Å². The minimum absolute atomic E-state index is 1.000. The first kappa shape index (κ1) is 22.4. The molecule has 0 amide bonds. The van der Waals surface area contributed by atoms with Gasteiger partial charge in [-0.15, -0.1) is 6.58 Å². The van der Waals surface area contributed by atoms with Crippen LogP contribution in [0.5, 0.6) is 0 Å². The number of rotatable bonds is 4. The molecule has 0 N–H and O–H groups in total. The molecule has 0 fully saturated rings. The summed E-state index contributed by atoms with van der Waals surface area (Å²) in [6, 6.07) is 33.2. The third-order valence-electron chi connectivity index (χ3n) is 5.24. The lowest BCUT2D eigenvalue weighted by Gasteiger charge is -2.02. The normalized spacial score (nSPS) is 9.85. The maximum absolute atomic E-state index is 3.78. The average molecular weight is 487 g/mol. The van der Waals surface area contributed by atoms with E-state index in [1.54, 1.807) is 0 Å². The lowest BCUT2D eigenvalue weighted by Crippen LogP contribution is -1.84. The van der Waals surface area contributed by atoms with E-state index in [2.05, 4.69) is 119 Å². The zero-order valence-electron chi connectivity index (χ0n) is 18.3. The molecule has 1 heteroatoms. The Hall–Kier alpha value is -3.78. The monoisotopic (exact) mass is 486 g/mol. The van der Waals surface area contributed by atoms with E-state index >= 15 is 0 Å². The molecule has 0 nitrogen and oxygen atoms in total. The lowest BCUT2D eigenvalue weighted by molar-refractivity contribution is 1.00. The Morgan fingerprint density at radius 1 is 0.545 bits per heavy atom. The molecule has 0 spiro atoms. The fourth-order valence-corrected chi connectivity index (χ4v) is 3.60. The van der Waals surface area contributed by atoms with Crippen LogP contribution >= 0.6 is 15.9 Å². The largest absolute Gasteiger partial charge is 0.103 e. The second kappa shape index (κ2) is 11.2. The maximum Gasteiger partial charge on any atom is 0.0249 e. The Morgan fingerprint density at radius 3 is 1.30 bits per heavy atom. The molecule has 0 aliphatic carbocycles. The van der Waals surface area contributed by atoms with E-state index in [9.17, 15) is 0 Å². The van der Waals surface area contributed by atoms with Gasteiger partial charge < -0.3 is 0 Å².